The molecule has 0 amide bonds. The smallest absolute Gasteiger partial charge is 0.119 e. The number of aromatic nitrogens is 2. The minimum absolute atomic E-state index is 0.894. The van der Waals surface area contributed by atoms with E-state index in [4.69, 9.17) is 0 Å². The maximum absolute atomic E-state index is 4.37. The van der Waals surface area contributed by atoms with Crippen LogP contribution in [-0.4, -0.2) is 10.2 Å². The topological polar surface area (TPSA) is 25.8 Å². The van der Waals surface area contributed by atoms with Crippen molar-refractivity contribution in [1.29, 1.82) is 0 Å². The second-order valence-corrected chi connectivity index (χ2v) is 7.38. The number of aryl methyl sites for hydroxylation is 2. The Labute approximate surface area is 149 Å². The predicted molar refractivity (Wildman–Crippen MR) is 101 cm³/mol. The second-order valence-electron chi connectivity index (χ2n) is 5.47. The van der Waals surface area contributed by atoms with Gasteiger partial charge in [-0.25, -0.2) is 0 Å². The Morgan fingerprint density at radius 1 is 0.870 bits per heavy atom. The lowest BCUT2D eigenvalue weighted by Crippen LogP contribution is -1.91. The fourth-order valence-corrected chi connectivity index (χ4v) is 3.22. The molecule has 0 unspecified atom stereocenters. The van der Waals surface area contributed by atoms with Crippen molar-refractivity contribution in [2.24, 2.45) is 0 Å². The van der Waals surface area contributed by atoms with Crippen LogP contribution in [0.15, 0.2) is 64.1 Å². The van der Waals surface area contributed by atoms with Gasteiger partial charge in [-0.05, 0) is 60.9 Å². The number of rotatable bonds is 4. The molecule has 4 heteroatoms. The first-order valence-corrected chi connectivity index (χ1v) is 9.18. The summed E-state index contributed by atoms with van der Waals surface area (Å²) in [5, 5.41) is 9.66. The van der Waals surface area contributed by atoms with E-state index < -0.39 is 0 Å². The highest BCUT2D eigenvalue weighted by Gasteiger charge is 2.04. The number of halogens is 1. The lowest BCUT2D eigenvalue weighted by molar-refractivity contribution is 0.935. The van der Waals surface area contributed by atoms with E-state index in [1.165, 1.54) is 16.7 Å². The van der Waals surface area contributed by atoms with Crippen LogP contribution < -0.4 is 0 Å². The summed E-state index contributed by atoms with van der Waals surface area (Å²) in [6.45, 7) is 4.24. The quantitative estimate of drug-likeness (QED) is 0.530. The molecule has 0 fully saturated rings. The van der Waals surface area contributed by atoms with E-state index in [1.807, 2.05) is 12.1 Å². The van der Waals surface area contributed by atoms with Gasteiger partial charge in [-0.1, -0.05) is 52.0 Å². The zero-order valence-electron chi connectivity index (χ0n) is 13.1. The normalized spacial score (nSPS) is 10.7. The molecule has 116 valence electrons. The second kappa shape index (κ2) is 7.28. The van der Waals surface area contributed by atoms with E-state index in [2.05, 4.69) is 82.4 Å². The van der Waals surface area contributed by atoms with Crippen LogP contribution in [0.4, 0.5) is 0 Å². The monoisotopic (exact) mass is 384 g/mol. The molecule has 2 nitrogen and oxygen atoms in total. The zero-order valence-corrected chi connectivity index (χ0v) is 15.5. The zero-order chi connectivity index (χ0) is 16.2. The largest absolute Gasteiger partial charge is 0.149 e. The van der Waals surface area contributed by atoms with Crippen LogP contribution in [0.1, 0.15) is 16.7 Å². The summed E-state index contributed by atoms with van der Waals surface area (Å²) in [5.41, 5.74) is 5.88. The summed E-state index contributed by atoms with van der Waals surface area (Å²) >= 11 is 5.15. The van der Waals surface area contributed by atoms with E-state index in [9.17, 15) is 0 Å². The molecule has 3 rings (SSSR count). The number of benzene rings is 2. The van der Waals surface area contributed by atoms with Crippen LogP contribution in [0, 0.1) is 13.8 Å². The molecule has 23 heavy (non-hydrogen) atoms. The third-order valence-corrected chi connectivity index (χ3v) is 5.26. The van der Waals surface area contributed by atoms with Gasteiger partial charge < -0.3 is 0 Å². The van der Waals surface area contributed by atoms with Gasteiger partial charge in [-0.3, -0.25) is 0 Å². The van der Waals surface area contributed by atoms with E-state index >= 15 is 0 Å². The highest BCUT2D eigenvalue weighted by Crippen LogP contribution is 2.24. The Hall–Kier alpha value is -1.65. The predicted octanol–water partition coefficient (Wildman–Crippen LogP) is 5.82. The molecule has 0 aliphatic rings. The third-order valence-electron chi connectivity index (χ3n) is 3.74. The fraction of sp³-hybridized carbons (Fsp3) is 0.158. The molecule has 0 bridgehead atoms. The third kappa shape index (κ3) is 4.21. The first-order valence-electron chi connectivity index (χ1n) is 7.40. The summed E-state index contributed by atoms with van der Waals surface area (Å²) in [4.78, 5) is 0. The molecule has 3 aromatic rings. The van der Waals surface area contributed by atoms with Crippen LogP contribution in [0.25, 0.3) is 11.3 Å². The first kappa shape index (κ1) is 16.2. The van der Waals surface area contributed by atoms with Crippen molar-refractivity contribution >= 4 is 27.7 Å². The first-order chi connectivity index (χ1) is 11.1. The standard InChI is InChI=1S/C19H17BrN2S/c1-13-3-6-16(11-14(13)2)18-9-10-19(22-21-18)23-12-15-4-7-17(20)8-5-15/h3-11H,12H2,1-2H3. The SMILES string of the molecule is Cc1ccc(-c2ccc(SCc3ccc(Br)cc3)nn2)cc1C. The summed E-state index contributed by atoms with van der Waals surface area (Å²) in [7, 11) is 0. The van der Waals surface area contributed by atoms with Gasteiger partial charge in [0.15, 0.2) is 0 Å². The van der Waals surface area contributed by atoms with Crippen molar-refractivity contribution in [3.8, 4) is 11.3 Å². The molecular formula is C19H17BrN2S. The molecule has 0 atom stereocenters. The van der Waals surface area contributed by atoms with Crippen LogP contribution in [0.2, 0.25) is 0 Å². The number of thioether (sulfide) groups is 1. The van der Waals surface area contributed by atoms with Gasteiger partial charge >= 0.3 is 0 Å². The van der Waals surface area contributed by atoms with Gasteiger partial charge in [0.1, 0.15) is 5.03 Å². The van der Waals surface area contributed by atoms with Crippen LogP contribution in [0.5, 0.6) is 0 Å². The van der Waals surface area contributed by atoms with Gasteiger partial charge in [0.2, 0.25) is 0 Å². The Balaban J connectivity index is 1.69. The van der Waals surface area contributed by atoms with Gasteiger partial charge in [0, 0.05) is 15.8 Å². The molecule has 0 aliphatic heterocycles. The molecule has 0 N–H and O–H groups in total. The summed E-state index contributed by atoms with van der Waals surface area (Å²) in [6.07, 6.45) is 0. The average molecular weight is 385 g/mol. The summed E-state index contributed by atoms with van der Waals surface area (Å²) in [6, 6.07) is 18.8. The molecule has 0 spiro atoms. The van der Waals surface area contributed by atoms with Crippen molar-refractivity contribution < 1.29 is 0 Å². The van der Waals surface area contributed by atoms with Crippen LogP contribution in [-0.2, 0) is 5.75 Å². The van der Waals surface area contributed by atoms with E-state index in [-0.39, 0.29) is 0 Å². The molecule has 1 heterocycles. The van der Waals surface area contributed by atoms with Gasteiger partial charge in [0.25, 0.3) is 0 Å². The Morgan fingerprint density at radius 3 is 2.30 bits per heavy atom. The van der Waals surface area contributed by atoms with Crippen molar-refractivity contribution in [3.63, 3.8) is 0 Å². The molecule has 2 aromatic carbocycles. The van der Waals surface area contributed by atoms with E-state index in [0.717, 1.165) is 26.5 Å². The minimum atomic E-state index is 0.894. The Morgan fingerprint density at radius 2 is 1.65 bits per heavy atom. The van der Waals surface area contributed by atoms with Crippen LogP contribution >= 0.6 is 27.7 Å². The van der Waals surface area contributed by atoms with Gasteiger partial charge in [0.05, 0.1) is 5.69 Å². The van der Waals surface area contributed by atoms with Crippen molar-refractivity contribution in [1.82, 2.24) is 10.2 Å². The fourth-order valence-electron chi connectivity index (χ4n) is 2.19. The number of hydrogen-bond donors (Lipinski definition) is 0. The molecule has 0 radical (unpaired) electrons. The van der Waals surface area contributed by atoms with Crippen molar-refractivity contribution in [2.45, 2.75) is 24.6 Å². The van der Waals surface area contributed by atoms with Crippen LogP contribution in [0.3, 0.4) is 0 Å². The maximum atomic E-state index is 4.37. The van der Waals surface area contributed by atoms with E-state index in [1.54, 1.807) is 11.8 Å². The summed E-state index contributed by atoms with van der Waals surface area (Å²) < 4.78 is 1.10. The molecule has 0 aliphatic carbocycles. The Bertz CT molecular complexity index is 799. The summed E-state index contributed by atoms with van der Waals surface area (Å²) in [5.74, 6) is 0.894. The number of hydrogen-bond acceptors (Lipinski definition) is 3. The Kier molecular flexibility index (Phi) is 5.13. The maximum Gasteiger partial charge on any atom is 0.119 e. The van der Waals surface area contributed by atoms with E-state index in [0.29, 0.717) is 0 Å². The molecule has 1 aromatic heterocycles. The molecular weight excluding hydrogens is 368 g/mol. The van der Waals surface area contributed by atoms with Gasteiger partial charge in [-0.15, -0.1) is 10.2 Å². The highest BCUT2D eigenvalue weighted by atomic mass is 79.9. The average Bonchev–Trinajstić information content (AvgIpc) is 2.57. The lowest BCUT2D eigenvalue weighted by atomic mass is 10.0. The highest BCUT2D eigenvalue weighted by molar-refractivity contribution is 9.10. The number of nitrogens with zero attached hydrogens (tertiary/aromatic N) is 2. The molecule has 0 saturated heterocycles. The van der Waals surface area contributed by atoms with Gasteiger partial charge in [-0.2, -0.15) is 0 Å². The van der Waals surface area contributed by atoms with Crippen molar-refractivity contribution in [2.75, 3.05) is 0 Å². The lowest BCUT2D eigenvalue weighted by Gasteiger charge is -2.05. The molecule has 0 saturated carbocycles. The minimum Gasteiger partial charge on any atom is -0.149 e. The van der Waals surface area contributed by atoms with Crippen molar-refractivity contribution in [3.05, 3.63) is 75.8 Å².